The van der Waals surface area contributed by atoms with Gasteiger partial charge in [0.1, 0.15) is 5.76 Å². The van der Waals surface area contributed by atoms with Gasteiger partial charge in [0.15, 0.2) is 11.5 Å². The number of carbonyl (C=O) groups excluding carboxylic acids is 3. The first-order valence-electron chi connectivity index (χ1n) is 8.37. The maximum absolute atomic E-state index is 12.2. The van der Waals surface area contributed by atoms with Crippen LogP contribution in [-0.4, -0.2) is 17.6 Å². The van der Waals surface area contributed by atoms with Crippen molar-refractivity contribution >= 4 is 23.3 Å². The van der Waals surface area contributed by atoms with Crippen LogP contribution in [-0.2, 0) is 6.54 Å². The SMILES string of the molecule is CC(=O)c1ccc(NC(=O)c2ccc(CNC(=O)c3ccccc3)o2)cc1. The van der Waals surface area contributed by atoms with Crippen LogP contribution in [0.1, 0.15) is 44.0 Å². The zero-order chi connectivity index (χ0) is 19.2. The Kier molecular flexibility index (Phi) is 5.47. The standard InChI is InChI=1S/C21H18N2O4/c1-14(24)15-7-9-17(10-8-15)23-21(26)19-12-11-18(27-19)13-22-20(25)16-5-3-2-4-6-16/h2-12H,13H2,1H3,(H,22,25)(H,23,26). The van der Waals surface area contributed by atoms with Crippen molar-refractivity contribution in [2.45, 2.75) is 13.5 Å². The topological polar surface area (TPSA) is 88.4 Å². The van der Waals surface area contributed by atoms with Crippen molar-refractivity contribution in [3.63, 3.8) is 0 Å². The van der Waals surface area contributed by atoms with Crippen LogP contribution in [0.25, 0.3) is 0 Å². The molecule has 0 bridgehead atoms. The Hall–Kier alpha value is -3.67. The highest BCUT2D eigenvalue weighted by molar-refractivity contribution is 6.02. The molecule has 136 valence electrons. The Bertz CT molecular complexity index is 959. The van der Waals surface area contributed by atoms with Crippen LogP contribution in [0.5, 0.6) is 0 Å². The van der Waals surface area contributed by atoms with Crippen molar-refractivity contribution < 1.29 is 18.8 Å². The predicted octanol–water partition coefficient (Wildman–Crippen LogP) is 3.66. The normalized spacial score (nSPS) is 10.3. The fourth-order valence-corrected chi connectivity index (χ4v) is 2.43. The van der Waals surface area contributed by atoms with Crippen molar-refractivity contribution in [2.75, 3.05) is 5.32 Å². The zero-order valence-electron chi connectivity index (χ0n) is 14.7. The summed E-state index contributed by atoms with van der Waals surface area (Å²) >= 11 is 0. The van der Waals surface area contributed by atoms with E-state index in [1.165, 1.54) is 6.92 Å². The van der Waals surface area contributed by atoms with E-state index in [9.17, 15) is 14.4 Å². The maximum Gasteiger partial charge on any atom is 0.291 e. The molecule has 0 aliphatic heterocycles. The molecule has 0 saturated carbocycles. The summed E-state index contributed by atoms with van der Waals surface area (Å²) in [6, 6.07) is 18.6. The van der Waals surface area contributed by atoms with Gasteiger partial charge in [-0.2, -0.15) is 0 Å². The highest BCUT2D eigenvalue weighted by Crippen LogP contribution is 2.14. The Morgan fingerprint density at radius 3 is 2.19 bits per heavy atom. The first kappa shape index (κ1) is 18.1. The molecule has 0 unspecified atom stereocenters. The summed E-state index contributed by atoms with van der Waals surface area (Å²) < 4.78 is 5.49. The van der Waals surface area contributed by atoms with E-state index in [-0.39, 0.29) is 24.0 Å². The summed E-state index contributed by atoms with van der Waals surface area (Å²) in [6.07, 6.45) is 0. The van der Waals surface area contributed by atoms with E-state index in [1.807, 2.05) is 6.07 Å². The third-order valence-corrected chi connectivity index (χ3v) is 3.89. The van der Waals surface area contributed by atoms with Crippen LogP contribution in [0.3, 0.4) is 0 Å². The molecule has 6 heteroatoms. The molecule has 27 heavy (non-hydrogen) atoms. The zero-order valence-corrected chi connectivity index (χ0v) is 14.7. The van der Waals surface area contributed by atoms with Gasteiger partial charge in [0.25, 0.3) is 11.8 Å². The van der Waals surface area contributed by atoms with Gasteiger partial charge in [-0.25, -0.2) is 0 Å². The monoisotopic (exact) mass is 362 g/mol. The molecule has 3 rings (SSSR count). The molecular weight excluding hydrogens is 344 g/mol. The van der Waals surface area contributed by atoms with E-state index in [0.29, 0.717) is 22.6 Å². The molecule has 2 N–H and O–H groups in total. The number of amides is 2. The summed E-state index contributed by atoms with van der Waals surface area (Å²) in [6.45, 7) is 1.66. The Morgan fingerprint density at radius 2 is 1.52 bits per heavy atom. The number of nitrogens with one attached hydrogen (secondary N) is 2. The molecule has 2 amide bonds. The van der Waals surface area contributed by atoms with E-state index < -0.39 is 5.91 Å². The molecule has 0 spiro atoms. The third-order valence-electron chi connectivity index (χ3n) is 3.89. The Balaban J connectivity index is 1.57. The summed E-state index contributed by atoms with van der Waals surface area (Å²) in [5.41, 5.74) is 1.68. The largest absolute Gasteiger partial charge is 0.454 e. The van der Waals surface area contributed by atoms with E-state index in [2.05, 4.69) is 10.6 Å². The molecule has 3 aromatic rings. The molecule has 0 aliphatic rings. The van der Waals surface area contributed by atoms with Gasteiger partial charge in [0, 0.05) is 16.8 Å². The highest BCUT2D eigenvalue weighted by atomic mass is 16.4. The minimum absolute atomic E-state index is 0.0406. The lowest BCUT2D eigenvalue weighted by Gasteiger charge is -2.04. The van der Waals surface area contributed by atoms with Crippen molar-refractivity contribution in [3.05, 3.63) is 89.4 Å². The lowest BCUT2D eigenvalue weighted by Crippen LogP contribution is -2.22. The molecule has 2 aromatic carbocycles. The van der Waals surface area contributed by atoms with E-state index in [4.69, 9.17) is 4.42 Å². The number of rotatable bonds is 6. The number of Topliss-reactive ketones (excluding diaryl/α,β-unsaturated/α-hetero) is 1. The van der Waals surface area contributed by atoms with Crippen molar-refractivity contribution in [2.24, 2.45) is 0 Å². The van der Waals surface area contributed by atoms with Gasteiger partial charge in [-0.15, -0.1) is 0 Å². The summed E-state index contributed by atoms with van der Waals surface area (Å²) in [5, 5.41) is 5.43. The van der Waals surface area contributed by atoms with E-state index in [0.717, 1.165) is 0 Å². The average molecular weight is 362 g/mol. The first-order valence-corrected chi connectivity index (χ1v) is 8.37. The van der Waals surface area contributed by atoms with Crippen molar-refractivity contribution in [3.8, 4) is 0 Å². The van der Waals surface area contributed by atoms with Gasteiger partial charge in [-0.05, 0) is 55.5 Å². The summed E-state index contributed by atoms with van der Waals surface area (Å²) in [5.74, 6) is -0.0677. The summed E-state index contributed by atoms with van der Waals surface area (Å²) in [4.78, 5) is 35.5. The molecule has 0 fully saturated rings. The van der Waals surface area contributed by atoms with Crippen LogP contribution in [0.15, 0.2) is 71.1 Å². The predicted molar refractivity (Wildman–Crippen MR) is 101 cm³/mol. The molecule has 0 saturated heterocycles. The number of ketones is 1. The van der Waals surface area contributed by atoms with Gasteiger partial charge in [-0.3, -0.25) is 14.4 Å². The minimum Gasteiger partial charge on any atom is -0.454 e. The molecule has 1 aromatic heterocycles. The van der Waals surface area contributed by atoms with Crippen molar-refractivity contribution in [1.82, 2.24) is 5.32 Å². The number of hydrogen-bond donors (Lipinski definition) is 2. The Morgan fingerprint density at radius 1 is 0.815 bits per heavy atom. The summed E-state index contributed by atoms with van der Waals surface area (Å²) in [7, 11) is 0. The number of benzene rings is 2. The maximum atomic E-state index is 12.2. The smallest absolute Gasteiger partial charge is 0.291 e. The number of anilines is 1. The van der Waals surface area contributed by atoms with Gasteiger partial charge >= 0.3 is 0 Å². The first-order chi connectivity index (χ1) is 13.0. The quantitative estimate of drug-likeness (QED) is 0.655. The number of furan rings is 1. The molecule has 0 aliphatic carbocycles. The number of hydrogen-bond acceptors (Lipinski definition) is 4. The molecule has 1 heterocycles. The van der Waals surface area contributed by atoms with Gasteiger partial charge < -0.3 is 15.1 Å². The molecular formula is C21H18N2O4. The van der Waals surface area contributed by atoms with Gasteiger partial charge in [0.05, 0.1) is 6.54 Å². The van der Waals surface area contributed by atoms with Crippen LogP contribution in [0, 0.1) is 0 Å². The fraction of sp³-hybridized carbons (Fsp3) is 0.0952. The average Bonchev–Trinajstić information content (AvgIpc) is 3.16. The molecule has 0 atom stereocenters. The van der Waals surface area contributed by atoms with Crippen LogP contribution in [0.4, 0.5) is 5.69 Å². The second-order valence-electron chi connectivity index (χ2n) is 5.90. The van der Waals surface area contributed by atoms with Gasteiger partial charge in [-0.1, -0.05) is 18.2 Å². The van der Waals surface area contributed by atoms with Crippen LogP contribution >= 0.6 is 0 Å². The lowest BCUT2D eigenvalue weighted by molar-refractivity contribution is 0.0947. The lowest BCUT2D eigenvalue weighted by atomic mass is 10.1. The van der Waals surface area contributed by atoms with E-state index in [1.54, 1.807) is 60.7 Å². The van der Waals surface area contributed by atoms with E-state index >= 15 is 0 Å². The van der Waals surface area contributed by atoms with Crippen molar-refractivity contribution in [1.29, 1.82) is 0 Å². The number of carbonyl (C=O) groups is 3. The second kappa shape index (κ2) is 8.14. The van der Waals surface area contributed by atoms with Crippen LogP contribution < -0.4 is 10.6 Å². The third kappa shape index (κ3) is 4.70. The minimum atomic E-state index is -0.411. The van der Waals surface area contributed by atoms with Crippen LogP contribution in [0.2, 0.25) is 0 Å². The molecule has 6 nitrogen and oxygen atoms in total. The fourth-order valence-electron chi connectivity index (χ4n) is 2.43. The molecule has 0 radical (unpaired) electrons. The second-order valence-corrected chi connectivity index (χ2v) is 5.90. The Labute approximate surface area is 156 Å². The highest BCUT2D eigenvalue weighted by Gasteiger charge is 2.13. The van der Waals surface area contributed by atoms with Gasteiger partial charge in [0.2, 0.25) is 0 Å².